The van der Waals surface area contributed by atoms with Crippen molar-refractivity contribution >= 4 is 51.9 Å². The van der Waals surface area contributed by atoms with Crippen molar-refractivity contribution in [2.45, 2.75) is 26.8 Å². The lowest BCUT2D eigenvalue weighted by Gasteiger charge is -2.18. The van der Waals surface area contributed by atoms with Gasteiger partial charge in [-0.15, -0.1) is 0 Å². The van der Waals surface area contributed by atoms with Crippen LogP contribution >= 0.6 is 24.0 Å². The van der Waals surface area contributed by atoms with Gasteiger partial charge in [0, 0.05) is 11.7 Å². The van der Waals surface area contributed by atoms with Crippen LogP contribution in [0.15, 0.2) is 53.4 Å². The number of nitrogens with zero attached hydrogens (tertiary/aromatic N) is 1. The molecule has 0 saturated carbocycles. The number of carbonyl (C=O) groups excluding carboxylic acids is 2. The van der Waals surface area contributed by atoms with Gasteiger partial charge in [-0.3, -0.25) is 14.5 Å². The molecule has 0 radical (unpaired) electrons. The summed E-state index contributed by atoms with van der Waals surface area (Å²) in [5.74, 6) is 0.923. The van der Waals surface area contributed by atoms with Crippen molar-refractivity contribution in [3.05, 3.63) is 59.0 Å². The molecule has 31 heavy (non-hydrogen) atoms. The maximum Gasteiger partial charge on any atom is 0.266 e. The molecule has 2 aromatic carbocycles. The van der Waals surface area contributed by atoms with Crippen LogP contribution in [0.1, 0.15) is 26.3 Å². The fourth-order valence-electron chi connectivity index (χ4n) is 2.92. The van der Waals surface area contributed by atoms with Crippen LogP contribution in [0.2, 0.25) is 0 Å². The monoisotopic (exact) mass is 456 g/mol. The smallest absolute Gasteiger partial charge is 0.266 e. The summed E-state index contributed by atoms with van der Waals surface area (Å²) in [5.41, 5.74) is 1.46. The van der Waals surface area contributed by atoms with E-state index in [1.54, 1.807) is 47.4 Å². The standard InChI is InChI=1S/C23H24N2O4S2/c1-4-28-18-10-8-17(9-11-18)24-21(26)14-29-19-7-5-6-16(12-19)13-20-22(27)25(15(2)3)23(30)31-20/h5-13,15H,4,14H2,1-3H3,(H,24,26)/b20-13-. The number of carbonyl (C=O) groups is 2. The molecule has 1 aliphatic rings. The largest absolute Gasteiger partial charge is 0.494 e. The molecule has 2 aromatic rings. The summed E-state index contributed by atoms with van der Waals surface area (Å²) in [7, 11) is 0. The second-order valence-electron chi connectivity index (χ2n) is 7.01. The topological polar surface area (TPSA) is 67.9 Å². The Hall–Kier alpha value is -2.84. The minimum atomic E-state index is -0.271. The van der Waals surface area contributed by atoms with Crippen molar-refractivity contribution in [3.63, 3.8) is 0 Å². The lowest BCUT2D eigenvalue weighted by Crippen LogP contribution is -2.34. The molecule has 0 bridgehead atoms. The van der Waals surface area contributed by atoms with Crippen molar-refractivity contribution in [1.82, 2.24) is 4.90 Å². The molecule has 0 unspecified atom stereocenters. The first kappa shape index (κ1) is 22.8. The number of thioether (sulfide) groups is 1. The van der Waals surface area contributed by atoms with E-state index in [1.165, 1.54) is 11.8 Å². The maximum absolute atomic E-state index is 12.6. The summed E-state index contributed by atoms with van der Waals surface area (Å²) >= 11 is 6.60. The van der Waals surface area contributed by atoms with E-state index in [9.17, 15) is 9.59 Å². The normalized spacial score (nSPS) is 15.0. The van der Waals surface area contributed by atoms with Crippen LogP contribution in [-0.4, -0.2) is 40.3 Å². The molecule has 1 fully saturated rings. The lowest BCUT2D eigenvalue weighted by molar-refractivity contribution is -0.123. The summed E-state index contributed by atoms with van der Waals surface area (Å²) in [6, 6.07) is 14.4. The average Bonchev–Trinajstić information content (AvgIpc) is 3.01. The van der Waals surface area contributed by atoms with Crippen LogP contribution in [0.3, 0.4) is 0 Å². The first-order chi connectivity index (χ1) is 14.9. The highest BCUT2D eigenvalue weighted by Crippen LogP contribution is 2.34. The molecule has 2 amide bonds. The van der Waals surface area contributed by atoms with Crippen molar-refractivity contribution in [3.8, 4) is 11.5 Å². The lowest BCUT2D eigenvalue weighted by atomic mass is 10.2. The van der Waals surface area contributed by atoms with Gasteiger partial charge in [-0.25, -0.2) is 0 Å². The molecule has 0 atom stereocenters. The zero-order valence-electron chi connectivity index (χ0n) is 17.6. The second-order valence-corrected chi connectivity index (χ2v) is 8.69. The van der Waals surface area contributed by atoms with E-state index >= 15 is 0 Å². The molecule has 0 spiro atoms. The molecular formula is C23H24N2O4S2. The Morgan fingerprint density at radius 3 is 2.55 bits per heavy atom. The second kappa shape index (κ2) is 10.5. The van der Waals surface area contributed by atoms with Crippen molar-refractivity contribution in [2.24, 2.45) is 0 Å². The van der Waals surface area contributed by atoms with Gasteiger partial charge in [-0.05, 0) is 68.8 Å². The summed E-state index contributed by atoms with van der Waals surface area (Å²) in [5, 5.41) is 2.78. The predicted octanol–water partition coefficient (Wildman–Crippen LogP) is 4.71. The number of anilines is 1. The fourth-order valence-corrected chi connectivity index (χ4v) is 4.44. The Kier molecular flexibility index (Phi) is 7.70. The molecule has 1 N–H and O–H groups in total. The first-order valence-corrected chi connectivity index (χ1v) is 11.1. The van der Waals surface area contributed by atoms with Crippen LogP contribution < -0.4 is 14.8 Å². The number of hydrogen-bond acceptors (Lipinski definition) is 6. The van der Waals surface area contributed by atoms with Crippen molar-refractivity contribution in [1.29, 1.82) is 0 Å². The Labute approximate surface area is 191 Å². The van der Waals surface area contributed by atoms with Gasteiger partial charge in [0.2, 0.25) is 0 Å². The minimum absolute atomic E-state index is 0.0157. The van der Waals surface area contributed by atoms with Gasteiger partial charge in [0.05, 0.1) is 11.5 Å². The van der Waals surface area contributed by atoms with E-state index in [0.29, 0.717) is 27.3 Å². The van der Waals surface area contributed by atoms with Gasteiger partial charge in [0.1, 0.15) is 15.8 Å². The summed E-state index contributed by atoms with van der Waals surface area (Å²) in [6.07, 6.45) is 1.79. The summed E-state index contributed by atoms with van der Waals surface area (Å²) in [6.45, 7) is 6.23. The molecule has 162 valence electrons. The van der Waals surface area contributed by atoms with Gasteiger partial charge < -0.3 is 14.8 Å². The fraction of sp³-hybridized carbons (Fsp3) is 0.261. The van der Waals surface area contributed by atoms with Gasteiger partial charge in [0.15, 0.2) is 6.61 Å². The molecule has 1 aliphatic heterocycles. The van der Waals surface area contributed by atoms with Crippen LogP contribution in [0, 0.1) is 0 Å². The summed E-state index contributed by atoms with van der Waals surface area (Å²) in [4.78, 5) is 26.9. The van der Waals surface area contributed by atoms with Crippen molar-refractivity contribution in [2.75, 3.05) is 18.5 Å². The predicted molar refractivity (Wildman–Crippen MR) is 128 cm³/mol. The Morgan fingerprint density at radius 2 is 1.90 bits per heavy atom. The molecule has 6 nitrogen and oxygen atoms in total. The number of thiocarbonyl (C=S) groups is 1. The third-order valence-corrected chi connectivity index (χ3v) is 5.65. The molecule has 0 aromatic heterocycles. The van der Waals surface area contributed by atoms with E-state index < -0.39 is 0 Å². The molecule has 0 aliphatic carbocycles. The molecule has 1 saturated heterocycles. The SMILES string of the molecule is CCOc1ccc(NC(=O)COc2cccc(/C=C3\SC(=S)N(C(C)C)C3=O)c2)cc1. The van der Waals surface area contributed by atoms with Gasteiger partial charge in [0.25, 0.3) is 11.8 Å². The number of ether oxygens (including phenoxy) is 2. The number of nitrogens with one attached hydrogen (secondary N) is 1. The highest BCUT2D eigenvalue weighted by atomic mass is 32.2. The molecule has 8 heteroatoms. The maximum atomic E-state index is 12.6. The number of amides is 2. The van der Waals surface area contributed by atoms with E-state index in [0.717, 1.165) is 11.3 Å². The molecule has 3 rings (SSSR count). The molecule has 1 heterocycles. The number of benzene rings is 2. The van der Waals surface area contributed by atoms with Gasteiger partial charge in [-0.2, -0.15) is 0 Å². The van der Waals surface area contributed by atoms with Crippen LogP contribution in [0.4, 0.5) is 5.69 Å². The third-order valence-electron chi connectivity index (χ3n) is 4.31. The van der Waals surface area contributed by atoms with Crippen LogP contribution in [0.5, 0.6) is 11.5 Å². The first-order valence-electron chi connectivity index (χ1n) is 9.90. The zero-order valence-corrected chi connectivity index (χ0v) is 19.2. The van der Waals surface area contributed by atoms with Crippen molar-refractivity contribution < 1.29 is 19.1 Å². The minimum Gasteiger partial charge on any atom is -0.494 e. The molecular weight excluding hydrogens is 432 g/mol. The van der Waals surface area contributed by atoms with E-state index in [4.69, 9.17) is 21.7 Å². The summed E-state index contributed by atoms with van der Waals surface area (Å²) < 4.78 is 11.6. The number of rotatable bonds is 8. The Morgan fingerprint density at radius 1 is 1.16 bits per heavy atom. The highest BCUT2D eigenvalue weighted by Gasteiger charge is 2.33. The zero-order chi connectivity index (χ0) is 22.4. The van der Waals surface area contributed by atoms with E-state index in [1.807, 2.05) is 32.9 Å². The Balaban J connectivity index is 1.59. The highest BCUT2D eigenvalue weighted by molar-refractivity contribution is 8.26. The van der Waals surface area contributed by atoms with Crippen LogP contribution in [0.25, 0.3) is 6.08 Å². The van der Waals surface area contributed by atoms with Gasteiger partial charge >= 0.3 is 0 Å². The van der Waals surface area contributed by atoms with Crippen LogP contribution in [-0.2, 0) is 9.59 Å². The Bertz CT molecular complexity index is 1000. The quantitative estimate of drug-likeness (QED) is 0.458. The van der Waals surface area contributed by atoms with E-state index in [-0.39, 0.29) is 24.5 Å². The average molecular weight is 457 g/mol. The van der Waals surface area contributed by atoms with Gasteiger partial charge in [-0.1, -0.05) is 36.1 Å². The number of hydrogen-bond donors (Lipinski definition) is 1. The van der Waals surface area contributed by atoms with E-state index in [2.05, 4.69) is 5.32 Å². The third kappa shape index (κ3) is 6.08.